The first kappa shape index (κ1) is 12.0. The molecule has 1 aliphatic heterocycles. The smallest absolute Gasteiger partial charge is 0.184 e. The first-order valence-corrected chi connectivity index (χ1v) is 7.53. The van der Waals surface area contributed by atoms with E-state index in [1.165, 1.54) is 5.56 Å². The molecule has 1 N–H and O–H groups in total. The SMILES string of the molecule is Clc1ccc2nc(NC3COc4ccccc43)sc2c1. The molecule has 0 aliphatic carbocycles. The molecule has 5 heteroatoms. The van der Waals surface area contributed by atoms with Gasteiger partial charge in [0, 0.05) is 10.6 Å². The molecule has 1 aliphatic rings. The lowest BCUT2D eigenvalue weighted by atomic mass is 10.1. The highest BCUT2D eigenvalue weighted by atomic mass is 35.5. The number of anilines is 1. The van der Waals surface area contributed by atoms with E-state index in [1.807, 2.05) is 36.4 Å². The Labute approximate surface area is 125 Å². The lowest BCUT2D eigenvalue weighted by molar-refractivity contribution is 0.340. The van der Waals surface area contributed by atoms with Gasteiger partial charge in [0.05, 0.1) is 16.3 Å². The van der Waals surface area contributed by atoms with Crippen LogP contribution in [0.5, 0.6) is 5.75 Å². The summed E-state index contributed by atoms with van der Waals surface area (Å²) in [5.74, 6) is 0.953. The van der Waals surface area contributed by atoms with Crippen molar-refractivity contribution in [2.75, 3.05) is 11.9 Å². The predicted molar refractivity (Wildman–Crippen MR) is 82.9 cm³/mol. The molecule has 0 saturated carbocycles. The van der Waals surface area contributed by atoms with Crippen LogP contribution in [-0.4, -0.2) is 11.6 Å². The van der Waals surface area contributed by atoms with Crippen LogP contribution in [0.2, 0.25) is 5.02 Å². The number of hydrogen-bond acceptors (Lipinski definition) is 4. The molecule has 3 aromatic rings. The van der Waals surface area contributed by atoms with Crippen molar-refractivity contribution in [3.8, 4) is 5.75 Å². The summed E-state index contributed by atoms with van der Waals surface area (Å²) in [4.78, 5) is 4.58. The fourth-order valence-electron chi connectivity index (χ4n) is 2.39. The summed E-state index contributed by atoms with van der Waals surface area (Å²) in [7, 11) is 0. The molecule has 2 heterocycles. The summed E-state index contributed by atoms with van der Waals surface area (Å²) < 4.78 is 6.76. The van der Waals surface area contributed by atoms with Crippen molar-refractivity contribution < 1.29 is 4.74 Å². The van der Waals surface area contributed by atoms with E-state index in [4.69, 9.17) is 16.3 Å². The number of thiazole rings is 1. The van der Waals surface area contributed by atoms with E-state index in [0.29, 0.717) is 6.61 Å². The Hall–Kier alpha value is -1.78. The minimum absolute atomic E-state index is 0.155. The van der Waals surface area contributed by atoms with Crippen LogP contribution < -0.4 is 10.1 Å². The van der Waals surface area contributed by atoms with Gasteiger partial charge in [-0.25, -0.2) is 4.98 Å². The number of fused-ring (bicyclic) bond motifs is 2. The second-order valence-corrected chi connectivity index (χ2v) is 6.14. The van der Waals surface area contributed by atoms with Gasteiger partial charge in [0.2, 0.25) is 0 Å². The topological polar surface area (TPSA) is 34.2 Å². The zero-order chi connectivity index (χ0) is 13.5. The van der Waals surface area contributed by atoms with Gasteiger partial charge in [-0.2, -0.15) is 0 Å². The number of halogens is 1. The largest absolute Gasteiger partial charge is 0.491 e. The van der Waals surface area contributed by atoms with Crippen molar-refractivity contribution in [2.24, 2.45) is 0 Å². The normalized spacial score (nSPS) is 16.9. The van der Waals surface area contributed by atoms with E-state index >= 15 is 0 Å². The number of para-hydroxylation sites is 1. The third kappa shape index (κ3) is 2.01. The highest BCUT2D eigenvalue weighted by Gasteiger charge is 2.24. The Morgan fingerprint density at radius 1 is 1.25 bits per heavy atom. The van der Waals surface area contributed by atoms with Gasteiger partial charge in [-0.15, -0.1) is 0 Å². The molecule has 1 atom stereocenters. The summed E-state index contributed by atoms with van der Waals surface area (Å²) in [6.45, 7) is 0.635. The molecule has 0 radical (unpaired) electrons. The quantitative estimate of drug-likeness (QED) is 0.757. The molecule has 3 nitrogen and oxygen atoms in total. The molecular formula is C15H11ClN2OS. The van der Waals surface area contributed by atoms with E-state index in [-0.39, 0.29) is 6.04 Å². The van der Waals surface area contributed by atoms with Crippen LogP contribution >= 0.6 is 22.9 Å². The van der Waals surface area contributed by atoms with Crippen LogP contribution in [0.4, 0.5) is 5.13 Å². The van der Waals surface area contributed by atoms with Crippen molar-refractivity contribution >= 4 is 38.3 Å². The van der Waals surface area contributed by atoms with Crippen molar-refractivity contribution in [1.82, 2.24) is 4.98 Å². The lowest BCUT2D eigenvalue weighted by Gasteiger charge is -2.09. The highest BCUT2D eigenvalue weighted by molar-refractivity contribution is 7.22. The van der Waals surface area contributed by atoms with Gasteiger partial charge in [0.25, 0.3) is 0 Å². The summed E-state index contributed by atoms with van der Waals surface area (Å²) in [6, 6.07) is 14.0. The number of nitrogens with one attached hydrogen (secondary N) is 1. The molecule has 4 rings (SSSR count). The van der Waals surface area contributed by atoms with Crippen molar-refractivity contribution in [2.45, 2.75) is 6.04 Å². The van der Waals surface area contributed by atoms with Crippen LogP contribution in [-0.2, 0) is 0 Å². The van der Waals surface area contributed by atoms with E-state index < -0.39 is 0 Å². The first-order chi connectivity index (χ1) is 9.79. The monoisotopic (exact) mass is 302 g/mol. The molecule has 2 aromatic carbocycles. The molecule has 1 aromatic heterocycles. The van der Waals surface area contributed by atoms with Crippen LogP contribution in [0.3, 0.4) is 0 Å². The average Bonchev–Trinajstić information content (AvgIpc) is 3.03. The standard InChI is InChI=1S/C15H11ClN2OS/c16-9-5-6-11-14(7-9)20-15(17-11)18-12-8-19-13-4-2-1-3-10(12)13/h1-7,12H,8H2,(H,17,18). The molecule has 0 amide bonds. The maximum Gasteiger partial charge on any atom is 0.184 e. The van der Waals surface area contributed by atoms with Gasteiger partial charge in [-0.05, 0) is 24.3 Å². The van der Waals surface area contributed by atoms with Crippen molar-refractivity contribution in [1.29, 1.82) is 0 Å². The average molecular weight is 303 g/mol. The molecule has 0 spiro atoms. The maximum absolute atomic E-state index is 6.00. The molecule has 0 fully saturated rings. The van der Waals surface area contributed by atoms with Crippen LogP contribution in [0.25, 0.3) is 10.2 Å². The zero-order valence-electron chi connectivity index (χ0n) is 10.5. The van der Waals surface area contributed by atoms with Gasteiger partial charge in [-0.3, -0.25) is 0 Å². The minimum atomic E-state index is 0.155. The van der Waals surface area contributed by atoms with Crippen molar-refractivity contribution in [3.63, 3.8) is 0 Å². The Morgan fingerprint density at radius 3 is 3.10 bits per heavy atom. The molecular weight excluding hydrogens is 292 g/mol. The molecule has 1 unspecified atom stereocenters. The van der Waals surface area contributed by atoms with Gasteiger partial charge in [0.1, 0.15) is 12.4 Å². The third-order valence-electron chi connectivity index (χ3n) is 3.35. The molecule has 0 bridgehead atoms. The van der Waals surface area contributed by atoms with E-state index in [2.05, 4.69) is 16.4 Å². The molecule has 100 valence electrons. The number of rotatable bonds is 2. The number of nitrogens with zero attached hydrogens (tertiary/aromatic N) is 1. The number of hydrogen-bond donors (Lipinski definition) is 1. The Bertz CT molecular complexity index is 786. The van der Waals surface area contributed by atoms with Gasteiger partial charge in [0.15, 0.2) is 5.13 Å². The predicted octanol–water partition coefficient (Wildman–Crippen LogP) is 4.50. The summed E-state index contributed by atoms with van der Waals surface area (Å²) >= 11 is 7.61. The number of aromatic nitrogens is 1. The van der Waals surface area contributed by atoms with Crippen LogP contribution in [0.15, 0.2) is 42.5 Å². The van der Waals surface area contributed by atoms with Gasteiger partial charge < -0.3 is 10.1 Å². The van der Waals surface area contributed by atoms with Crippen LogP contribution in [0, 0.1) is 0 Å². The maximum atomic E-state index is 6.00. The van der Waals surface area contributed by atoms with Crippen LogP contribution in [0.1, 0.15) is 11.6 Å². The number of ether oxygens (including phenoxy) is 1. The lowest BCUT2D eigenvalue weighted by Crippen LogP contribution is -2.11. The summed E-state index contributed by atoms with van der Waals surface area (Å²) in [6.07, 6.45) is 0. The summed E-state index contributed by atoms with van der Waals surface area (Å²) in [5.41, 5.74) is 2.15. The van der Waals surface area contributed by atoms with E-state index in [1.54, 1.807) is 11.3 Å². The zero-order valence-corrected chi connectivity index (χ0v) is 12.0. The van der Waals surface area contributed by atoms with E-state index in [9.17, 15) is 0 Å². The van der Waals surface area contributed by atoms with Gasteiger partial charge >= 0.3 is 0 Å². The number of benzene rings is 2. The second-order valence-electron chi connectivity index (χ2n) is 4.68. The minimum Gasteiger partial charge on any atom is -0.491 e. The summed E-state index contributed by atoms with van der Waals surface area (Å²) in [5, 5.41) is 5.08. The Kier molecular flexibility index (Phi) is 2.79. The fourth-order valence-corrected chi connectivity index (χ4v) is 3.59. The molecule has 0 saturated heterocycles. The third-order valence-corrected chi connectivity index (χ3v) is 4.53. The van der Waals surface area contributed by atoms with E-state index in [0.717, 1.165) is 26.1 Å². The van der Waals surface area contributed by atoms with Crippen molar-refractivity contribution in [3.05, 3.63) is 53.1 Å². The Balaban J connectivity index is 1.65. The Morgan fingerprint density at radius 2 is 2.15 bits per heavy atom. The second kappa shape index (κ2) is 4.65. The first-order valence-electron chi connectivity index (χ1n) is 6.34. The molecule has 20 heavy (non-hydrogen) atoms. The van der Waals surface area contributed by atoms with Gasteiger partial charge in [-0.1, -0.05) is 41.1 Å². The highest BCUT2D eigenvalue weighted by Crippen LogP contribution is 2.36. The fraction of sp³-hybridized carbons (Fsp3) is 0.133.